The number of amides is 1. The van der Waals surface area contributed by atoms with E-state index in [1.807, 2.05) is 12.1 Å². The second-order valence-electron chi connectivity index (χ2n) is 8.58. The zero-order valence-corrected chi connectivity index (χ0v) is 18.7. The highest BCUT2D eigenvalue weighted by Crippen LogP contribution is 2.29. The Morgan fingerprint density at radius 3 is 2.66 bits per heavy atom. The maximum absolute atomic E-state index is 13.8. The summed E-state index contributed by atoms with van der Waals surface area (Å²) in [6.45, 7) is 2.23. The Labute approximate surface area is 192 Å². The summed E-state index contributed by atoms with van der Waals surface area (Å²) in [7, 11) is 0. The number of benzene rings is 2. The number of aliphatic hydroxyl groups excluding tert-OH is 1. The van der Waals surface area contributed by atoms with E-state index < -0.39 is 11.9 Å². The van der Waals surface area contributed by atoms with Crippen LogP contribution in [-0.2, 0) is 4.79 Å². The van der Waals surface area contributed by atoms with Crippen molar-refractivity contribution in [2.75, 3.05) is 31.1 Å². The molecular formula is C24H29ClFN3O3. The topological polar surface area (TPSA) is 73.8 Å². The number of hydrogen-bond acceptors (Lipinski definition) is 5. The Hall–Kier alpha value is -2.19. The van der Waals surface area contributed by atoms with Crippen molar-refractivity contribution in [3.63, 3.8) is 0 Å². The monoisotopic (exact) mass is 461 g/mol. The van der Waals surface area contributed by atoms with Crippen LogP contribution in [0.15, 0.2) is 48.5 Å². The van der Waals surface area contributed by atoms with Crippen LogP contribution < -0.4 is 20.3 Å². The zero-order chi connectivity index (χ0) is 22.6. The molecule has 0 radical (unpaired) electrons. The second kappa shape index (κ2) is 10.2. The van der Waals surface area contributed by atoms with Crippen molar-refractivity contribution in [3.05, 3.63) is 59.4 Å². The SMILES string of the molecule is O=C1C(NC2(CC(O)COc3ccccc3F)CCNCC2)CCN1c1ccc(Cl)cc1. The molecule has 32 heavy (non-hydrogen) atoms. The number of carbonyl (C=O) groups is 1. The number of halogens is 2. The van der Waals surface area contributed by atoms with Gasteiger partial charge >= 0.3 is 0 Å². The van der Waals surface area contributed by atoms with Gasteiger partial charge in [0.25, 0.3) is 0 Å². The first-order valence-corrected chi connectivity index (χ1v) is 11.4. The summed E-state index contributed by atoms with van der Waals surface area (Å²) in [6.07, 6.45) is 1.90. The summed E-state index contributed by atoms with van der Waals surface area (Å²) in [4.78, 5) is 14.9. The van der Waals surface area contributed by atoms with Crippen molar-refractivity contribution < 1.29 is 19.0 Å². The molecule has 0 spiro atoms. The minimum absolute atomic E-state index is 0.00664. The predicted molar refractivity (Wildman–Crippen MR) is 123 cm³/mol. The summed E-state index contributed by atoms with van der Waals surface area (Å²) in [5, 5.41) is 18.3. The molecular weight excluding hydrogens is 433 g/mol. The molecule has 0 bridgehead atoms. The number of piperidine rings is 1. The molecule has 6 nitrogen and oxygen atoms in total. The highest BCUT2D eigenvalue weighted by molar-refractivity contribution is 6.30. The van der Waals surface area contributed by atoms with Crippen LogP contribution in [-0.4, -0.2) is 54.9 Å². The standard InChI is InChI=1S/C24H29ClFN3O3/c25-17-5-7-18(8-6-17)29-14-9-21(23(29)31)28-24(10-12-27-13-11-24)15-19(30)16-32-22-4-2-1-3-20(22)26/h1-8,19,21,27-28,30H,9-16H2. The molecule has 2 saturated heterocycles. The van der Waals surface area contributed by atoms with Crippen LogP contribution >= 0.6 is 11.6 Å². The van der Waals surface area contributed by atoms with Crippen LogP contribution in [0.25, 0.3) is 0 Å². The van der Waals surface area contributed by atoms with E-state index in [1.54, 1.807) is 35.2 Å². The van der Waals surface area contributed by atoms with Crippen LogP contribution in [0, 0.1) is 5.82 Å². The van der Waals surface area contributed by atoms with E-state index in [2.05, 4.69) is 10.6 Å². The van der Waals surface area contributed by atoms with Gasteiger partial charge in [0.1, 0.15) is 6.61 Å². The predicted octanol–water partition coefficient (Wildman–Crippen LogP) is 3.13. The lowest BCUT2D eigenvalue weighted by Crippen LogP contribution is -2.59. The van der Waals surface area contributed by atoms with Gasteiger partial charge < -0.3 is 25.4 Å². The fourth-order valence-electron chi connectivity index (χ4n) is 4.63. The summed E-state index contributed by atoms with van der Waals surface area (Å²) in [5.41, 5.74) is 0.445. The Bertz CT molecular complexity index is 921. The molecule has 2 fully saturated rings. The van der Waals surface area contributed by atoms with E-state index in [4.69, 9.17) is 16.3 Å². The number of hydrogen-bond donors (Lipinski definition) is 3. The van der Waals surface area contributed by atoms with Crippen LogP contribution in [0.4, 0.5) is 10.1 Å². The lowest BCUT2D eigenvalue weighted by molar-refractivity contribution is -0.119. The Balaban J connectivity index is 1.40. The molecule has 172 valence electrons. The molecule has 2 aromatic carbocycles. The fraction of sp³-hybridized carbons (Fsp3) is 0.458. The van der Waals surface area contributed by atoms with Gasteiger partial charge in [-0.1, -0.05) is 23.7 Å². The molecule has 4 rings (SSSR count). The van der Waals surface area contributed by atoms with Gasteiger partial charge in [0, 0.05) is 22.8 Å². The van der Waals surface area contributed by atoms with E-state index in [9.17, 15) is 14.3 Å². The van der Waals surface area contributed by atoms with E-state index >= 15 is 0 Å². The number of aliphatic hydroxyl groups is 1. The van der Waals surface area contributed by atoms with Crippen molar-refractivity contribution >= 4 is 23.2 Å². The van der Waals surface area contributed by atoms with Crippen molar-refractivity contribution in [2.45, 2.75) is 43.4 Å². The molecule has 8 heteroatoms. The van der Waals surface area contributed by atoms with E-state index in [0.29, 0.717) is 24.4 Å². The summed E-state index contributed by atoms with van der Waals surface area (Å²) < 4.78 is 19.3. The minimum atomic E-state index is -0.788. The zero-order valence-electron chi connectivity index (χ0n) is 17.9. The summed E-state index contributed by atoms with van der Waals surface area (Å²) in [6, 6.07) is 13.1. The number of ether oxygens (including phenoxy) is 1. The molecule has 0 aromatic heterocycles. The number of nitrogens with zero attached hydrogens (tertiary/aromatic N) is 1. The fourth-order valence-corrected chi connectivity index (χ4v) is 4.76. The van der Waals surface area contributed by atoms with Crippen LogP contribution in [0.1, 0.15) is 25.7 Å². The molecule has 2 unspecified atom stereocenters. The van der Waals surface area contributed by atoms with Crippen LogP contribution in [0.5, 0.6) is 5.75 Å². The van der Waals surface area contributed by atoms with Gasteiger partial charge in [0.2, 0.25) is 5.91 Å². The normalized spacial score (nSPS) is 21.5. The minimum Gasteiger partial charge on any atom is -0.488 e. The third kappa shape index (κ3) is 5.41. The lowest BCUT2D eigenvalue weighted by Gasteiger charge is -2.41. The first kappa shape index (κ1) is 23.0. The number of nitrogens with one attached hydrogen (secondary N) is 2. The highest BCUT2D eigenvalue weighted by Gasteiger charge is 2.41. The molecule has 2 aromatic rings. The molecule has 0 saturated carbocycles. The maximum Gasteiger partial charge on any atom is 0.244 e. The Morgan fingerprint density at radius 1 is 1.22 bits per heavy atom. The second-order valence-corrected chi connectivity index (χ2v) is 9.02. The van der Waals surface area contributed by atoms with Crippen LogP contribution in [0.3, 0.4) is 0 Å². The highest BCUT2D eigenvalue weighted by atomic mass is 35.5. The largest absolute Gasteiger partial charge is 0.488 e. The molecule has 1 amide bonds. The van der Waals surface area contributed by atoms with Gasteiger partial charge in [-0.15, -0.1) is 0 Å². The van der Waals surface area contributed by atoms with Gasteiger partial charge in [-0.2, -0.15) is 0 Å². The van der Waals surface area contributed by atoms with Crippen molar-refractivity contribution in [2.24, 2.45) is 0 Å². The number of para-hydroxylation sites is 1. The molecule has 2 heterocycles. The van der Waals surface area contributed by atoms with Gasteiger partial charge in [-0.25, -0.2) is 4.39 Å². The smallest absolute Gasteiger partial charge is 0.244 e. The van der Waals surface area contributed by atoms with Crippen molar-refractivity contribution in [3.8, 4) is 5.75 Å². The van der Waals surface area contributed by atoms with Crippen LogP contribution in [0.2, 0.25) is 5.02 Å². The van der Waals surface area contributed by atoms with Gasteiger partial charge in [0.05, 0.1) is 12.1 Å². The molecule has 2 atom stereocenters. The van der Waals surface area contributed by atoms with Gasteiger partial charge in [-0.05, 0) is 75.2 Å². The molecule has 2 aliphatic rings. The van der Waals surface area contributed by atoms with E-state index in [1.165, 1.54) is 6.07 Å². The Kier molecular flexibility index (Phi) is 7.30. The number of carbonyl (C=O) groups excluding carboxylic acids is 1. The summed E-state index contributed by atoms with van der Waals surface area (Å²) in [5.74, 6) is -0.293. The van der Waals surface area contributed by atoms with Gasteiger partial charge in [-0.3, -0.25) is 4.79 Å². The molecule has 3 N–H and O–H groups in total. The summed E-state index contributed by atoms with van der Waals surface area (Å²) >= 11 is 5.98. The first-order chi connectivity index (χ1) is 15.5. The maximum atomic E-state index is 13.8. The average Bonchev–Trinajstić information content (AvgIpc) is 3.14. The molecule has 0 aliphatic carbocycles. The van der Waals surface area contributed by atoms with E-state index in [0.717, 1.165) is 31.6 Å². The number of anilines is 1. The first-order valence-electron chi connectivity index (χ1n) is 11.1. The van der Waals surface area contributed by atoms with Crippen molar-refractivity contribution in [1.29, 1.82) is 0 Å². The molecule has 2 aliphatic heterocycles. The number of rotatable bonds is 8. The third-order valence-corrected chi connectivity index (χ3v) is 6.53. The van der Waals surface area contributed by atoms with Crippen molar-refractivity contribution in [1.82, 2.24) is 10.6 Å². The van der Waals surface area contributed by atoms with Gasteiger partial charge in [0.15, 0.2) is 11.6 Å². The third-order valence-electron chi connectivity index (χ3n) is 6.28. The Morgan fingerprint density at radius 2 is 1.94 bits per heavy atom. The average molecular weight is 462 g/mol. The lowest BCUT2D eigenvalue weighted by atomic mass is 9.82. The quantitative estimate of drug-likeness (QED) is 0.563. The van der Waals surface area contributed by atoms with E-state index in [-0.39, 0.29) is 29.8 Å².